The lowest BCUT2D eigenvalue weighted by molar-refractivity contribution is -0.128. The van der Waals surface area contributed by atoms with Gasteiger partial charge in [0.1, 0.15) is 17.2 Å². The number of ether oxygens (including phenoxy) is 1. The Bertz CT molecular complexity index is 1230. The van der Waals surface area contributed by atoms with Gasteiger partial charge in [-0.25, -0.2) is 4.68 Å². The Morgan fingerprint density at radius 3 is 2.37 bits per heavy atom. The van der Waals surface area contributed by atoms with Crippen LogP contribution in [0.4, 0.5) is 5.69 Å². The van der Waals surface area contributed by atoms with E-state index in [9.17, 15) is 9.59 Å². The largest absolute Gasteiger partial charge is 0.457 e. The summed E-state index contributed by atoms with van der Waals surface area (Å²) >= 11 is 0. The van der Waals surface area contributed by atoms with Gasteiger partial charge >= 0.3 is 0 Å². The second-order valence-corrected chi connectivity index (χ2v) is 8.59. The van der Waals surface area contributed by atoms with E-state index in [1.165, 1.54) is 6.08 Å². The van der Waals surface area contributed by atoms with E-state index in [1.807, 2.05) is 54.6 Å². The Morgan fingerprint density at radius 2 is 1.71 bits per heavy atom. The monoisotopic (exact) mass is 472 g/mol. The number of primary amides is 1. The number of para-hydroxylation sites is 1. The van der Waals surface area contributed by atoms with Crippen LogP contribution in [-0.2, 0) is 4.79 Å². The number of benzene rings is 2. The Balaban J connectivity index is 1.41. The molecule has 180 valence electrons. The fraction of sp³-hybridized carbons (Fsp3) is 0.269. The van der Waals surface area contributed by atoms with Gasteiger partial charge in [-0.15, -0.1) is 0 Å². The van der Waals surface area contributed by atoms with Gasteiger partial charge in [-0.1, -0.05) is 24.8 Å². The summed E-state index contributed by atoms with van der Waals surface area (Å²) in [6.07, 6.45) is 2.21. The lowest BCUT2D eigenvalue weighted by atomic mass is 10.0. The Morgan fingerprint density at radius 1 is 1.03 bits per heavy atom. The zero-order valence-corrected chi connectivity index (χ0v) is 19.4. The molecule has 3 aromatic rings. The van der Waals surface area contributed by atoms with Crippen molar-refractivity contribution in [2.24, 2.45) is 5.73 Å². The Kier molecular flexibility index (Phi) is 6.24. The van der Waals surface area contributed by atoms with Crippen molar-refractivity contribution < 1.29 is 14.3 Å². The van der Waals surface area contributed by atoms with Crippen LogP contribution >= 0.6 is 0 Å². The zero-order valence-electron chi connectivity index (χ0n) is 19.4. The molecular formula is C26H28N6O3. The van der Waals surface area contributed by atoms with Gasteiger partial charge in [0.2, 0.25) is 5.91 Å². The summed E-state index contributed by atoms with van der Waals surface area (Å²) in [6, 6.07) is 17.0. The minimum atomic E-state index is -0.544. The molecule has 0 aliphatic carbocycles. The molecule has 5 rings (SSSR count). The third-order valence-electron chi connectivity index (χ3n) is 6.48. The number of fused-ring (bicyclic) bond motifs is 1. The van der Waals surface area contributed by atoms with Crippen molar-refractivity contribution in [2.45, 2.75) is 12.5 Å². The molecule has 0 unspecified atom stereocenters. The molecule has 9 heteroatoms. The smallest absolute Gasteiger partial charge is 0.269 e. The average Bonchev–Trinajstić information content (AvgIpc) is 3.29. The number of nitrogens with zero attached hydrogens (tertiary/aromatic N) is 4. The van der Waals surface area contributed by atoms with E-state index in [4.69, 9.17) is 15.6 Å². The number of rotatable bonds is 6. The highest BCUT2D eigenvalue weighted by atomic mass is 16.5. The standard InChI is InChI=1S/C26H28N6O3/c1-2-22(33)31-16-14-30(15-17-31)21-12-13-28-24-23(21)29-32(25(24)26(27)34)18-8-10-20(11-9-18)35-19-6-4-3-5-7-19/h2-11,21,28H,1,12-17H2,(H2,27,34)/t21-/m1/s1. The van der Waals surface area contributed by atoms with Gasteiger partial charge in [-0.3, -0.25) is 14.5 Å². The second-order valence-electron chi connectivity index (χ2n) is 8.59. The van der Waals surface area contributed by atoms with Crippen LogP contribution in [0.15, 0.2) is 67.3 Å². The van der Waals surface area contributed by atoms with E-state index < -0.39 is 5.91 Å². The van der Waals surface area contributed by atoms with E-state index in [2.05, 4.69) is 16.8 Å². The summed E-state index contributed by atoms with van der Waals surface area (Å²) in [7, 11) is 0. The number of anilines is 1. The van der Waals surface area contributed by atoms with Crippen molar-refractivity contribution in [3.05, 3.63) is 78.6 Å². The van der Waals surface area contributed by atoms with Gasteiger partial charge in [-0.2, -0.15) is 5.10 Å². The number of piperazine rings is 1. The highest BCUT2D eigenvalue weighted by Crippen LogP contribution is 2.37. The molecule has 35 heavy (non-hydrogen) atoms. The van der Waals surface area contributed by atoms with Crippen molar-refractivity contribution in [3.63, 3.8) is 0 Å². The molecule has 9 nitrogen and oxygen atoms in total. The molecule has 2 aromatic carbocycles. The quantitative estimate of drug-likeness (QED) is 0.535. The van der Waals surface area contributed by atoms with Crippen molar-refractivity contribution in [3.8, 4) is 17.2 Å². The predicted molar refractivity (Wildman–Crippen MR) is 133 cm³/mol. The number of hydrogen-bond acceptors (Lipinski definition) is 6. The first kappa shape index (κ1) is 22.7. The number of carbonyl (C=O) groups excluding carboxylic acids is 2. The van der Waals surface area contributed by atoms with E-state index in [0.717, 1.165) is 36.6 Å². The van der Waals surface area contributed by atoms with E-state index in [1.54, 1.807) is 9.58 Å². The van der Waals surface area contributed by atoms with E-state index in [0.29, 0.717) is 36.8 Å². The first-order valence-electron chi connectivity index (χ1n) is 11.7. The molecule has 1 atom stereocenters. The Hall–Kier alpha value is -4.11. The molecule has 0 bridgehead atoms. The summed E-state index contributed by atoms with van der Waals surface area (Å²) in [6.45, 7) is 7.02. The molecule has 2 aliphatic heterocycles. The van der Waals surface area contributed by atoms with Crippen LogP contribution in [0.1, 0.15) is 28.6 Å². The third-order valence-corrected chi connectivity index (χ3v) is 6.48. The zero-order chi connectivity index (χ0) is 24.4. The summed E-state index contributed by atoms with van der Waals surface area (Å²) in [4.78, 5) is 28.6. The van der Waals surface area contributed by atoms with Gasteiger partial charge in [-0.05, 0) is 48.9 Å². The summed E-state index contributed by atoms with van der Waals surface area (Å²) in [5.74, 6) is 0.837. The molecule has 2 amide bonds. The van der Waals surface area contributed by atoms with Crippen molar-refractivity contribution in [1.82, 2.24) is 19.6 Å². The summed E-state index contributed by atoms with van der Waals surface area (Å²) in [5, 5.41) is 8.20. The molecule has 3 heterocycles. The lowest BCUT2D eigenvalue weighted by Gasteiger charge is -2.40. The van der Waals surface area contributed by atoms with Crippen molar-refractivity contribution in [2.75, 3.05) is 38.0 Å². The maximum Gasteiger partial charge on any atom is 0.269 e. The van der Waals surface area contributed by atoms with Gasteiger partial charge in [0, 0.05) is 32.7 Å². The molecule has 1 saturated heterocycles. The molecule has 2 aliphatic rings. The normalized spacial score (nSPS) is 17.8. The van der Waals surface area contributed by atoms with Crippen LogP contribution in [0.2, 0.25) is 0 Å². The maximum atomic E-state index is 12.5. The number of aromatic nitrogens is 2. The van der Waals surface area contributed by atoms with Crippen LogP contribution in [0.25, 0.3) is 5.69 Å². The van der Waals surface area contributed by atoms with Crippen molar-refractivity contribution in [1.29, 1.82) is 0 Å². The van der Waals surface area contributed by atoms with Crippen LogP contribution in [-0.4, -0.2) is 64.1 Å². The molecule has 1 aromatic heterocycles. The fourth-order valence-corrected chi connectivity index (χ4v) is 4.75. The number of nitrogens with one attached hydrogen (secondary N) is 1. The molecule has 1 fully saturated rings. The predicted octanol–water partition coefficient (Wildman–Crippen LogP) is 2.95. The highest BCUT2D eigenvalue weighted by molar-refractivity contribution is 5.98. The number of nitrogens with two attached hydrogens (primary N) is 1. The number of amides is 2. The molecule has 0 spiro atoms. The van der Waals surface area contributed by atoms with Crippen LogP contribution in [0.3, 0.4) is 0 Å². The second kappa shape index (κ2) is 9.63. The van der Waals surface area contributed by atoms with E-state index in [-0.39, 0.29) is 11.9 Å². The minimum Gasteiger partial charge on any atom is -0.457 e. The SMILES string of the molecule is C=CC(=O)N1CCN([C@@H]2CCNc3c2nn(-c2ccc(Oc4ccccc4)cc2)c3C(N)=O)CC1. The Labute approximate surface area is 203 Å². The first-order valence-corrected chi connectivity index (χ1v) is 11.7. The lowest BCUT2D eigenvalue weighted by Crippen LogP contribution is -2.50. The molecular weight excluding hydrogens is 444 g/mol. The molecule has 3 N–H and O–H groups in total. The molecule has 0 saturated carbocycles. The number of hydrogen-bond donors (Lipinski definition) is 2. The third kappa shape index (κ3) is 4.50. The van der Waals surface area contributed by atoms with Crippen LogP contribution in [0, 0.1) is 0 Å². The topological polar surface area (TPSA) is 106 Å². The van der Waals surface area contributed by atoms with Crippen molar-refractivity contribution >= 4 is 17.5 Å². The highest BCUT2D eigenvalue weighted by Gasteiger charge is 2.35. The summed E-state index contributed by atoms with van der Waals surface area (Å²) in [5.41, 5.74) is 8.35. The van der Waals surface area contributed by atoms with Gasteiger partial charge in [0.25, 0.3) is 5.91 Å². The van der Waals surface area contributed by atoms with Gasteiger partial charge in [0.05, 0.1) is 17.4 Å². The minimum absolute atomic E-state index is 0.0345. The average molecular weight is 473 g/mol. The van der Waals surface area contributed by atoms with Gasteiger partial charge < -0.3 is 20.7 Å². The van der Waals surface area contributed by atoms with Crippen LogP contribution in [0.5, 0.6) is 11.5 Å². The fourth-order valence-electron chi connectivity index (χ4n) is 4.75. The van der Waals surface area contributed by atoms with Crippen LogP contribution < -0.4 is 15.8 Å². The maximum absolute atomic E-state index is 12.5. The summed E-state index contributed by atoms with van der Waals surface area (Å²) < 4.78 is 7.50. The number of carbonyl (C=O) groups is 2. The molecule has 0 radical (unpaired) electrons. The first-order chi connectivity index (χ1) is 17.0. The van der Waals surface area contributed by atoms with E-state index >= 15 is 0 Å². The van der Waals surface area contributed by atoms with Gasteiger partial charge in [0.15, 0.2) is 5.69 Å².